The first kappa shape index (κ1) is 10.7. The minimum absolute atomic E-state index is 0.279. The van der Waals surface area contributed by atoms with Crippen LogP contribution in [-0.2, 0) is 0 Å². The molecule has 0 spiro atoms. The Morgan fingerprint density at radius 1 is 1.40 bits per heavy atom. The summed E-state index contributed by atoms with van der Waals surface area (Å²) in [4.78, 5) is 0. The van der Waals surface area contributed by atoms with E-state index in [1.165, 1.54) is 18.2 Å². The third-order valence-electron chi connectivity index (χ3n) is 1.69. The van der Waals surface area contributed by atoms with Crippen LogP contribution in [0, 0.1) is 35.4 Å². The number of hydrogen-bond acceptors (Lipinski definition) is 4. The van der Waals surface area contributed by atoms with Crippen LogP contribution >= 0.6 is 0 Å². The molecule has 0 aliphatic heterocycles. The Hall–Kier alpha value is -2.40. The van der Waals surface area contributed by atoms with E-state index >= 15 is 0 Å². The number of benzene rings is 1. The lowest BCUT2D eigenvalue weighted by Crippen LogP contribution is -1.98. The predicted molar refractivity (Wildman–Crippen MR) is 53.4 cm³/mol. The second kappa shape index (κ2) is 4.73. The summed E-state index contributed by atoms with van der Waals surface area (Å²) in [5.41, 5.74) is 3.44. The Balaban J connectivity index is 2.89. The number of nitrogens with one attached hydrogen (secondary N) is 1. The van der Waals surface area contributed by atoms with Crippen molar-refractivity contribution in [2.45, 2.75) is 6.92 Å². The van der Waals surface area contributed by atoms with Crippen LogP contribution in [0.15, 0.2) is 23.3 Å². The fourth-order valence-electron chi connectivity index (χ4n) is 0.944. The highest BCUT2D eigenvalue weighted by Gasteiger charge is 1.99. The topological polar surface area (TPSA) is 72.0 Å². The van der Waals surface area contributed by atoms with Gasteiger partial charge in [0.1, 0.15) is 18.0 Å². The van der Waals surface area contributed by atoms with Crippen molar-refractivity contribution in [1.29, 1.82) is 10.5 Å². The molecule has 0 bridgehead atoms. The average Bonchev–Trinajstić information content (AvgIpc) is 2.22. The molecule has 0 fully saturated rings. The molecule has 1 rings (SSSR count). The van der Waals surface area contributed by atoms with Gasteiger partial charge in [0.2, 0.25) is 5.71 Å². The number of halogens is 1. The van der Waals surface area contributed by atoms with Crippen molar-refractivity contribution >= 4 is 11.4 Å². The Morgan fingerprint density at radius 3 is 2.60 bits per heavy atom. The van der Waals surface area contributed by atoms with E-state index in [2.05, 4.69) is 10.5 Å². The first-order valence-electron chi connectivity index (χ1n) is 4.07. The van der Waals surface area contributed by atoms with E-state index in [1.54, 1.807) is 19.1 Å². The summed E-state index contributed by atoms with van der Waals surface area (Å²) in [6.07, 6.45) is 0. The zero-order chi connectivity index (χ0) is 11.3. The van der Waals surface area contributed by atoms with Gasteiger partial charge in [-0.3, -0.25) is 5.43 Å². The third kappa shape index (κ3) is 2.78. The Morgan fingerprint density at radius 2 is 2.07 bits per heavy atom. The summed E-state index contributed by atoms with van der Waals surface area (Å²) in [5.74, 6) is -0.345. The van der Waals surface area contributed by atoms with Crippen molar-refractivity contribution < 1.29 is 4.39 Å². The van der Waals surface area contributed by atoms with E-state index in [0.29, 0.717) is 11.3 Å². The minimum Gasteiger partial charge on any atom is -0.276 e. The molecule has 15 heavy (non-hydrogen) atoms. The lowest BCUT2D eigenvalue weighted by atomic mass is 10.2. The lowest BCUT2D eigenvalue weighted by molar-refractivity contribution is 0.627. The van der Waals surface area contributed by atoms with Gasteiger partial charge < -0.3 is 0 Å². The standard InChI is InChI=1S/C10H7FN4/c1-7-4-8(11)2-3-10(7)15-14-9(5-12)6-13/h2-4,15H,1H3. The minimum atomic E-state index is -0.345. The molecule has 0 heterocycles. The Kier molecular flexibility index (Phi) is 3.37. The molecule has 0 radical (unpaired) electrons. The molecule has 0 saturated heterocycles. The number of hydrogen-bond donors (Lipinski definition) is 1. The molecule has 1 N–H and O–H groups in total. The average molecular weight is 202 g/mol. The number of nitriles is 2. The van der Waals surface area contributed by atoms with Gasteiger partial charge in [0.15, 0.2) is 0 Å². The zero-order valence-corrected chi connectivity index (χ0v) is 7.95. The van der Waals surface area contributed by atoms with Gasteiger partial charge in [-0.15, -0.1) is 0 Å². The van der Waals surface area contributed by atoms with Gasteiger partial charge in [0, 0.05) is 0 Å². The third-order valence-corrected chi connectivity index (χ3v) is 1.69. The molecule has 0 aliphatic carbocycles. The molecule has 0 amide bonds. The van der Waals surface area contributed by atoms with Gasteiger partial charge >= 0.3 is 0 Å². The summed E-state index contributed by atoms with van der Waals surface area (Å²) in [6, 6.07) is 7.29. The molecule has 4 nitrogen and oxygen atoms in total. The first-order chi connectivity index (χ1) is 7.17. The monoisotopic (exact) mass is 202 g/mol. The highest BCUT2D eigenvalue weighted by atomic mass is 19.1. The molecule has 0 aromatic heterocycles. The summed E-state index contributed by atoms with van der Waals surface area (Å²) in [7, 11) is 0. The first-order valence-corrected chi connectivity index (χ1v) is 4.07. The normalized spacial score (nSPS) is 8.53. The van der Waals surface area contributed by atoms with Crippen LogP contribution in [-0.4, -0.2) is 5.71 Å². The van der Waals surface area contributed by atoms with Crippen LogP contribution in [0.3, 0.4) is 0 Å². The van der Waals surface area contributed by atoms with Crippen LogP contribution < -0.4 is 5.43 Å². The summed E-state index contributed by atoms with van der Waals surface area (Å²) in [6.45, 7) is 1.69. The molecule has 0 unspecified atom stereocenters. The molecular weight excluding hydrogens is 195 g/mol. The smallest absolute Gasteiger partial charge is 0.237 e. The van der Waals surface area contributed by atoms with Crippen molar-refractivity contribution in [3.8, 4) is 12.1 Å². The van der Waals surface area contributed by atoms with Crippen LogP contribution in [0.4, 0.5) is 10.1 Å². The second-order valence-electron chi connectivity index (χ2n) is 2.76. The van der Waals surface area contributed by atoms with Crippen molar-refractivity contribution in [2.24, 2.45) is 5.10 Å². The highest BCUT2D eigenvalue weighted by molar-refractivity contribution is 6.10. The fourth-order valence-corrected chi connectivity index (χ4v) is 0.944. The van der Waals surface area contributed by atoms with Crippen LogP contribution in [0.2, 0.25) is 0 Å². The number of nitrogens with zero attached hydrogens (tertiary/aromatic N) is 3. The Bertz CT molecular complexity index is 463. The molecular formula is C10H7FN4. The summed E-state index contributed by atoms with van der Waals surface area (Å²) < 4.78 is 12.7. The summed E-state index contributed by atoms with van der Waals surface area (Å²) >= 11 is 0. The quantitative estimate of drug-likeness (QED) is 0.588. The summed E-state index contributed by atoms with van der Waals surface area (Å²) in [5, 5.41) is 20.4. The van der Waals surface area contributed by atoms with Gasteiger partial charge in [-0.25, -0.2) is 4.39 Å². The van der Waals surface area contributed by atoms with E-state index in [0.717, 1.165) is 0 Å². The molecule has 0 saturated carbocycles. The maximum atomic E-state index is 12.7. The second-order valence-corrected chi connectivity index (χ2v) is 2.76. The van der Waals surface area contributed by atoms with Crippen molar-refractivity contribution in [2.75, 3.05) is 5.43 Å². The molecule has 74 valence electrons. The van der Waals surface area contributed by atoms with Crippen molar-refractivity contribution in [1.82, 2.24) is 0 Å². The maximum absolute atomic E-state index is 12.7. The van der Waals surface area contributed by atoms with E-state index in [4.69, 9.17) is 10.5 Å². The number of rotatable bonds is 2. The maximum Gasteiger partial charge on any atom is 0.237 e. The molecule has 0 atom stereocenters. The van der Waals surface area contributed by atoms with Gasteiger partial charge in [-0.2, -0.15) is 15.6 Å². The number of anilines is 1. The van der Waals surface area contributed by atoms with Crippen LogP contribution in [0.1, 0.15) is 5.56 Å². The van der Waals surface area contributed by atoms with Crippen LogP contribution in [0.5, 0.6) is 0 Å². The fraction of sp³-hybridized carbons (Fsp3) is 0.100. The molecule has 0 aliphatic rings. The van der Waals surface area contributed by atoms with E-state index in [-0.39, 0.29) is 11.5 Å². The zero-order valence-electron chi connectivity index (χ0n) is 7.95. The van der Waals surface area contributed by atoms with Gasteiger partial charge in [-0.05, 0) is 30.7 Å². The van der Waals surface area contributed by atoms with Crippen molar-refractivity contribution in [3.05, 3.63) is 29.6 Å². The highest BCUT2D eigenvalue weighted by Crippen LogP contribution is 2.15. The number of aryl methyl sites for hydroxylation is 1. The van der Waals surface area contributed by atoms with E-state index in [1.807, 2.05) is 0 Å². The number of hydrazone groups is 1. The van der Waals surface area contributed by atoms with Gasteiger partial charge in [0.25, 0.3) is 0 Å². The van der Waals surface area contributed by atoms with Gasteiger partial charge in [-0.1, -0.05) is 0 Å². The lowest BCUT2D eigenvalue weighted by Gasteiger charge is -2.03. The molecule has 1 aromatic rings. The van der Waals surface area contributed by atoms with Crippen LogP contribution in [0.25, 0.3) is 0 Å². The largest absolute Gasteiger partial charge is 0.276 e. The predicted octanol–water partition coefficient (Wildman–Crippen LogP) is 1.95. The van der Waals surface area contributed by atoms with E-state index < -0.39 is 0 Å². The van der Waals surface area contributed by atoms with Gasteiger partial charge in [0.05, 0.1) is 5.69 Å². The van der Waals surface area contributed by atoms with Crippen molar-refractivity contribution in [3.63, 3.8) is 0 Å². The SMILES string of the molecule is Cc1cc(F)ccc1NN=C(C#N)C#N. The molecule has 5 heteroatoms. The molecule has 1 aromatic carbocycles. The van der Waals surface area contributed by atoms with E-state index in [9.17, 15) is 4.39 Å². The Labute approximate surface area is 86.3 Å².